The molecule has 6 atom stereocenters. The molecule has 0 radical (unpaired) electrons. The van der Waals surface area contributed by atoms with Gasteiger partial charge in [-0.05, 0) is 41.5 Å². The molecule has 0 aromatic heterocycles. The van der Waals surface area contributed by atoms with Crippen LogP contribution >= 0.6 is 0 Å². The van der Waals surface area contributed by atoms with Gasteiger partial charge in [0.1, 0.15) is 76.3 Å². The van der Waals surface area contributed by atoms with Crippen LogP contribution in [0.5, 0.6) is 0 Å². The van der Waals surface area contributed by atoms with Crippen molar-refractivity contribution in [2.24, 2.45) is 10.8 Å². The summed E-state index contributed by atoms with van der Waals surface area (Å²) in [4.78, 5) is 71.7. The maximum atomic E-state index is 11.9. The van der Waals surface area contributed by atoms with Gasteiger partial charge in [-0.2, -0.15) is 0 Å². The molecule has 0 aliphatic heterocycles. The van der Waals surface area contributed by atoms with Crippen molar-refractivity contribution in [3.8, 4) is 0 Å². The molecule has 77 heavy (non-hydrogen) atoms. The Morgan fingerprint density at radius 2 is 0.416 bits per heavy atom. The monoisotopic (exact) mass is 1110 g/mol. The van der Waals surface area contributed by atoms with E-state index in [0.29, 0.717) is 0 Å². The second-order valence-corrected chi connectivity index (χ2v) is 17.3. The van der Waals surface area contributed by atoms with Crippen LogP contribution in [0, 0.1) is 10.8 Å². The number of esters is 6. The molecular formula is C52H82O25. The van der Waals surface area contributed by atoms with Crippen LogP contribution < -0.4 is 0 Å². The number of carbonyl (C=O) groups excluding carboxylic acids is 6. The van der Waals surface area contributed by atoms with Gasteiger partial charge < -0.3 is 92.2 Å². The van der Waals surface area contributed by atoms with E-state index in [1.807, 2.05) is 0 Å². The Labute approximate surface area is 449 Å². The number of rotatable bonds is 46. The Morgan fingerprint density at radius 3 is 0.558 bits per heavy atom. The minimum atomic E-state index is -1.45. The minimum Gasteiger partial charge on any atom is -0.460 e. The van der Waals surface area contributed by atoms with E-state index in [2.05, 4.69) is 0 Å². The molecule has 0 amide bonds. The third-order valence-corrected chi connectivity index (χ3v) is 9.45. The van der Waals surface area contributed by atoms with E-state index in [1.54, 1.807) is 41.5 Å². The zero-order valence-electron chi connectivity index (χ0n) is 45.0. The van der Waals surface area contributed by atoms with Gasteiger partial charge in [-0.3, -0.25) is 0 Å². The first kappa shape index (κ1) is 71.7. The van der Waals surface area contributed by atoms with E-state index in [0.717, 1.165) is 36.5 Å². The molecule has 25 nitrogen and oxygen atoms in total. The molecular weight excluding hydrogens is 1020 g/mol. The fourth-order valence-corrected chi connectivity index (χ4v) is 5.92. The van der Waals surface area contributed by atoms with Crippen LogP contribution in [-0.4, -0.2) is 235 Å². The third kappa shape index (κ3) is 38.9. The van der Waals surface area contributed by atoms with Crippen molar-refractivity contribution >= 4 is 35.8 Å². The lowest BCUT2D eigenvalue weighted by molar-refractivity contribution is -0.164. The van der Waals surface area contributed by atoms with Crippen molar-refractivity contribution in [3.05, 3.63) is 72.9 Å². The van der Waals surface area contributed by atoms with E-state index >= 15 is 0 Å². The quantitative estimate of drug-likeness (QED) is 0.0264. The van der Waals surface area contributed by atoms with E-state index in [9.17, 15) is 59.4 Å². The van der Waals surface area contributed by atoms with E-state index < -0.39 is 176 Å². The molecule has 0 heterocycles. The fourth-order valence-electron chi connectivity index (χ4n) is 5.92. The Hall–Kier alpha value is -5.26. The maximum absolute atomic E-state index is 11.9. The van der Waals surface area contributed by atoms with Crippen LogP contribution in [0.3, 0.4) is 0 Å². The van der Waals surface area contributed by atoms with Crippen molar-refractivity contribution in [2.45, 2.75) is 78.2 Å². The molecule has 0 fully saturated rings. The highest BCUT2D eigenvalue weighted by Gasteiger charge is 2.38. The van der Waals surface area contributed by atoms with E-state index in [4.69, 9.17) is 61.6 Å². The Morgan fingerprint density at radius 1 is 0.273 bits per heavy atom. The first-order valence-electron chi connectivity index (χ1n) is 24.7. The first-order valence-corrected chi connectivity index (χ1v) is 24.7. The maximum Gasteiger partial charge on any atom is 0.330 e. The molecule has 6 unspecified atom stereocenters. The van der Waals surface area contributed by atoms with Gasteiger partial charge in [0.2, 0.25) is 0 Å². The first-order chi connectivity index (χ1) is 36.8. The summed E-state index contributed by atoms with van der Waals surface area (Å²) < 4.78 is 72.4. The molecule has 0 aromatic rings. The van der Waals surface area contributed by atoms with Gasteiger partial charge in [-0.15, -0.1) is 0 Å². The molecule has 0 aromatic carbocycles. The predicted molar refractivity (Wildman–Crippen MR) is 271 cm³/mol. The molecule has 0 aliphatic carbocycles. The fraction of sp³-hybridized carbons (Fsp3) is 0.654. The molecule has 6 N–H and O–H groups in total. The van der Waals surface area contributed by atoms with E-state index in [1.165, 1.54) is 36.5 Å². The van der Waals surface area contributed by atoms with Gasteiger partial charge in [0.05, 0.1) is 103 Å². The Kier molecular flexibility index (Phi) is 41.6. The predicted octanol–water partition coefficient (Wildman–Crippen LogP) is -0.0434. The average molecular weight is 1110 g/mol. The summed E-state index contributed by atoms with van der Waals surface area (Å²) in [7, 11) is 0. The van der Waals surface area contributed by atoms with Crippen LogP contribution in [0.25, 0.3) is 0 Å². The molecule has 0 bridgehead atoms. The second kappa shape index (κ2) is 44.7. The smallest absolute Gasteiger partial charge is 0.330 e. The van der Waals surface area contributed by atoms with Gasteiger partial charge in [0, 0.05) is 36.5 Å². The molecule has 0 rings (SSSR count). The lowest BCUT2D eigenvalue weighted by atomic mass is 9.90. The van der Waals surface area contributed by atoms with Crippen LogP contribution in [0.4, 0.5) is 0 Å². The highest BCUT2D eigenvalue weighted by Crippen LogP contribution is 2.26. The van der Waals surface area contributed by atoms with E-state index in [-0.39, 0.29) is 39.6 Å². The summed E-state index contributed by atoms with van der Waals surface area (Å²) in [6, 6.07) is 0. The van der Waals surface area contributed by atoms with Gasteiger partial charge in [-0.1, -0.05) is 36.5 Å². The summed E-state index contributed by atoms with van der Waals surface area (Å²) in [5, 5.41) is 64.1. The van der Waals surface area contributed by atoms with Crippen LogP contribution in [-0.2, 0) is 90.3 Å². The number of aliphatic hydroxyl groups excluding tert-OH is 6. The van der Waals surface area contributed by atoms with Crippen LogP contribution in [0.2, 0.25) is 0 Å². The number of carbonyl (C=O) groups is 6. The average Bonchev–Trinajstić information content (AvgIpc) is 3.37. The molecule has 0 saturated carbocycles. The Balaban J connectivity index is 7.22. The summed E-state index contributed by atoms with van der Waals surface area (Å²) in [6.45, 7) is 1.43. The van der Waals surface area contributed by atoms with Crippen LogP contribution in [0.1, 0.15) is 41.5 Å². The SMILES string of the molecule is CC=CC(=O)OCC(O)COCC(COCC(O)COC(=O)C=CC)(COCC(O)COC(=O)C=CC)COCC(COCC(O)COC(=O)C=CC)(COCC(O)COC(=O)C=CC)COCC(O)COC(=O)C=CC. The number of hydrogen-bond acceptors (Lipinski definition) is 25. The van der Waals surface area contributed by atoms with Gasteiger partial charge in [-0.25, -0.2) is 28.8 Å². The largest absolute Gasteiger partial charge is 0.460 e. The summed E-state index contributed by atoms with van der Waals surface area (Å²) in [5.41, 5.74) is -2.91. The zero-order chi connectivity index (χ0) is 57.7. The number of allylic oxidation sites excluding steroid dienone is 6. The van der Waals surface area contributed by atoms with Gasteiger partial charge in [0.15, 0.2) is 0 Å². The third-order valence-electron chi connectivity index (χ3n) is 9.45. The van der Waals surface area contributed by atoms with Crippen molar-refractivity contribution in [2.75, 3.05) is 132 Å². The molecule has 25 heteroatoms. The highest BCUT2D eigenvalue weighted by atomic mass is 16.6. The zero-order valence-corrected chi connectivity index (χ0v) is 45.0. The summed E-state index contributed by atoms with van der Waals surface area (Å²) in [5.74, 6) is -4.29. The normalized spacial score (nSPS) is 16.1. The summed E-state index contributed by atoms with van der Waals surface area (Å²) in [6.07, 6.45) is 7.59. The summed E-state index contributed by atoms with van der Waals surface area (Å²) >= 11 is 0. The molecule has 440 valence electrons. The number of aliphatic hydroxyl groups is 6. The highest BCUT2D eigenvalue weighted by molar-refractivity contribution is 5.83. The number of hydrogen-bond donors (Lipinski definition) is 6. The minimum absolute atomic E-state index is 0.365. The lowest BCUT2D eigenvalue weighted by Gasteiger charge is -2.37. The van der Waals surface area contributed by atoms with Gasteiger partial charge >= 0.3 is 35.8 Å². The van der Waals surface area contributed by atoms with Gasteiger partial charge in [0.25, 0.3) is 0 Å². The second-order valence-electron chi connectivity index (χ2n) is 17.3. The Bertz CT molecular complexity index is 1500. The lowest BCUT2D eigenvalue weighted by Crippen LogP contribution is -2.47. The molecule has 0 saturated heterocycles. The van der Waals surface area contributed by atoms with Crippen molar-refractivity contribution in [3.63, 3.8) is 0 Å². The van der Waals surface area contributed by atoms with Crippen molar-refractivity contribution in [1.82, 2.24) is 0 Å². The number of ether oxygens (including phenoxy) is 13. The van der Waals surface area contributed by atoms with Crippen molar-refractivity contribution in [1.29, 1.82) is 0 Å². The standard InChI is InChI=1S/C52H82O25/c1-7-13-45(59)72-25-39(53)19-65-31-51(32-66-20-40(54)26-73-46(60)14-8-2,33-67-21-41(55)27-74-47(61)15-9-3)37-71-38-52(34-68-22-42(56)28-75-48(62)16-10-4,35-69-23-43(57)29-76-49(63)17-11-5)36-70-24-44(58)30-77-50(64)18-12-6/h7-18,39-44,53-58H,19-38H2,1-6H3. The molecule has 0 aliphatic rings. The topological polar surface area (TPSA) is 344 Å². The van der Waals surface area contributed by atoms with Crippen LogP contribution in [0.15, 0.2) is 72.9 Å². The van der Waals surface area contributed by atoms with Crippen molar-refractivity contribution < 1.29 is 121 Å². The molecule has 0 spiro atoms.